The molecule has 2 saturated carbocycles. The van der Waals surface area contributed by atoms with Crippen LogP contribution >= 0.6 is 0 Å². The molecule has 2 fully saturated rings. The third-order valence-electron chi connectivity index (χ3n) is 4.99. The fourth-order valence-electron chi connectivity index (χ4n) is 3.45. The highest BCUT2D eigenvalue weighted by atomic mass is 16.2. The lowest BCUT2D eigenvalue weighted by Crippen LogP contribution is -2.42. The minimum Gasteiger partial charge on any atom is -0.361 e. The topological polar surface area (TPSA) is 36.1 Å². The normalized spacial score (nSPS) is 19.7. The van der Waals surface area contributed by atoms with Gasteiger partial charge in [0, 0.05) is 29.2 Å². The number of fused-ring (bicyclic) bond motifs is 1. The molecule has 2 aliphatic rings. The summed E-state index contributed by atoms with van der Waals surface area (Å²) >= 11 is 0. The van der Waals surface area contributed by atoms with Crippen LogP contribution in [0.4, 0.5) is 0 Å². The number of carbonyl (C=O) groups excluding carboxylic acids is 1. The van der Waals surface area contributed by atoms with Gasteiger partial charge in [-0.2, -0.15) is 0 Å². The summed E-state index contributed by atoms with van der Waals surface area (Å²) in [4.78, 5) is 18.3. The molecule has 2 aromatic rings. The Labute approximate surface area is 125 Å². The van der Waals surface area contributed by atoms with Crippen molar-refractivity contribution in [3.63, 3.8) is 0 Å². The number of H-pyrrole nitrogens is 1. The summed E-state index contributed by atoms with van der Waals surface area (Å²) in [7, 11) is 0. The molecule has 1 heterocycles. The van der Waals surface area contributed by atoms with Crippen LogP contribution in [0.15, 0.2) is 30.5 Å². The summed E-state index contributed by atoms with van der Waals surface area (Å²) < 4.78 is 0. The number of nitrogens with one attached hydrogen (secondary N) is 1. The summed E-state index contributed by atoms with van der Waals surface area (Å²) in [6.07, 6.45) is 7.50. The molecule has 110 valence electrons. The maximum Gasteiger partial charge on any atom is 0.227 e. The zero-order valence-electron chi connectivity index (χ0n) is 12.5. The molecule has 0 bridgehead atoms. The van der Waals surface area contributed by atoms with Gasteiger partial charge in [-0.3, -0.25) is 4.79 Å². The largest absolute Gasteiger partial charge is 0.361 e. The number of rotatable bonds is 5. The van der Waals surface area contributed by atoms with Gasteiger partial charge in [-0.25, -0.2) is 0 Å². The van der Waals surface area contributed by atoms with Crippen molar-refractivity contribution in [2.24, 2.45) is 5.92 Å². The molecule has 0 radical (unpaired) electrons. The van der Waals surface area contributed by atoms with Gasteiger partial charge in [-0.1, -0.05) is 18.2 Å². The molecular formula is C18H22N2O. The Morgan fingerprint density at radius 3 is 2.76 bits per heavy atom. The van der Waals surface area contributed by atoms with E-state index in [-0.39, 0.29) is 0 Å². The first-order valence-electron chi connectivity index (χ1n) is 8.10. The van der Waals surface area contributed by atoms with Gasteiger partial charge in [0.2, 0.25) is 5.91 Å². The molecule has 1 N–H and O–H groups in total. The molecule has 3 heteroatoms. The van der Waals surface area contributed by atoms with E-state index in [0.717, 1.165) is 17.0 Å². The average Bonchev–Trinajstić information content (AvgIpc) is 3.38. The number of hydrogen-bond donors (Lipinski definition) is 1. The Bertz CT molecular complexity index is 667. The van der Waals surface area contributed by atoms with Crippen molar-refractivity contribution in [1.29, 1.82) is 0 Å². The van der Waals surface area contributed by atoms with Gasteiger partial charge in [0.25, 0.3) is 0 Å². The standard InChI is InChI=1S/C18H22N2O/c1-12(13-6-7-13)20(15-8-9-15)18(21)10-14-11-19-17-5-3-2-4-16(14)17/h2-5,11-13,15,19H,6-10H2,1H3. The molecule has 2 aliphatic carbocycles. The van der Waals surface area contributed by atoms with Gasteiger partial charge in [0.1, 0.15) is 0 Å². The van der Waals surface area contributed by atoms with Crippen LogP contribution in [0.1, 0.15) is 38.2 Å². The Kier molecular flexibility index (Phi) is 3.02. The van der Waals surface area contributed by atoms with Crippen LogP contribution in [0.2, 0.25) is 0 Å². The van der Waals surface area contributed by atoms with Crippen LogP contribution in [0, 0.1) is 5.92 Å². The zero-order chi connectivity index (χ0) is 14.4. The minimum atomic E-state index is 0.307. The second-order valence-corrected chi connectivity index (χ2v) is 6.65. The van der Waals surface area contributed by atoms with Crippen molar-refractivity contribution in [3.8, 4) is 0 Å². The fourth-order valence-corrected chi connectivity index (χ4v) is 3.45. The monoisotopic (exact) mass is 282 g/mol. The van der Waals surface area contributed by atoms with Crippen molar-refractivity contribution in [2.75, 3.05) is 0 Å². The molecule has 4 rings (SSSR count). The molecule has 0 spiro atoms. The van der Waals surface area contributed by atoms with Crippen molar-refractivity contribution in [3.05, 3.63) is 36.0 Å². The first-order chi connectivity index (χ1) is 10.2. The third-order valence-corrected chi connectivity index (χ3v) is 4.99. The predicted molar refractivity (Wildman–Crippen MR) is 84.1 cm³/mol. The molecule has 1 unspecified atom stereocenters. The van der Waals surface area contributed by atoms with Crippen molar-refractivity contribution in [2.45, 2.75) is 51.1 Å². The van der Waals surface area contributed by atoms with Crippen molar-refractivity contribution < 1.29 is 4.79 Å². The summed E-state index contributed by atoms with van der Waals surface area (Å²) in [5.41, 5.74) is 2.25. The highest BCUT2D eigenvalue weighted by molar-refractivity contribution is 5.89. The van der Waals surface area contributed by atoms with E-state index in [1.165, 1.54) is 31.1 Å². The molecule has 1 atom stereocenters. The Balaban J connectivity index is 1.56. The second kappa shape index (κ2) is 4.90. The number of aromatic amines is 1. The van der Waals surface area contributed by atoms with E-state index < -0.39 is 0 Å². The first-order valence-corrected chi connectivity index (χ1v) is 8.10. The molecule has 1 aromatic carbocycles. The maximum atomic E-state index is 12.8. The summed E-state index contributed by atoms with van der Waals surface area (Å²) in [6.45, 7) is 2.24. The summed E-state index contributed by atoms with van der Waals surface area (Å²) in [6, 6.07) is 9.16. The van der Waals surface area contributed by atoms with E-state index in [1.54, 1.807) is 0 Å². The fraction of sp³-hybridized carbons (Fsp3) is 0.500. The van der Waals surface area contributed by atoms with Crippen molar-refractivity contribution in [1.82, 2.24) is 9.88 Å². The van der Waals surface area contributed by atoms with Crippen molar-refractivity contribution >= 4 is 16.8 Å². The molecule has 0 aliphatic heterocycles. The number of benzene rings is 1. The first kappa shape index (κ1) is 12.9. The van der Waals surface area contributed by atoms with E-state index in [4.69, 9.17) is 0 Å². The second-order valence-electron chi connectivity index (χ2n) is 6.65. The Morgan fingerprint density at radius 2 is 2.05 bits per heavy atom. The van der Waals surface area contributed by atoms with E-state index >= 15 is 0 Å². The highest BCUT2D eigenvalue weighted by Crippen LogP contribution is 2.40. The zero-order valence-corrected chi connectivity index (χ0v) is 12.5. The smallest absolute Gasteiger partial charge is 0.227 e. The molecule has 1 amide bonds. The lowest BCUT2D eigenvalue weighted by molar-refractivity contribution is -0.133. The van der Waals surface area contributed by atoms with Crippen LogP contribution in [0.3, 0.4) is 0 Å². The lowest BCUT2D eigenvalue weighted by atomic mass is 10.1. The van der Waals surface area contributed by atoms with Gasteiger partial charge in [-0.15, -0.1) is 0 Å². The SMILES string of the molecule is CC(C1CC1)N(C(=O)Cc1c[nH]c2ccccc12)C1CC1. The minimum absolute atomic E-state index is 0.307. The molecule has 3 nitrogen and oxygen atoms in total. The van der Waals surface area contributed by atoms with Crippen LogP contribution in [0.5, 0.6) is 0 Å². The number of hydrogen-bond acceptors (Lipinski definition) is 1. The number of amides is 1. The lowest BCUT2D eigenvalue weighted by Gasteiger charge is -2.29. The quantitative estimate of drug-likeness (QED) is 0.895. The number of para-hydroxylation sites is 1. The Hall–Kier alpha value is -1.77. The van der Waals surface area contributed by atoms with E-state index in [0.29, 0.717) is 24.4 Å². The summed E-state index contributed by atoms with van der Waals surface area (Å²) in [5.74, 6) is 1.05. The highest BCUT2D eigenvalue weighted by Gasteiger charge is 2.41. The number of aromatic nitrogens is 1. The van der Waals surface area contributed by atoms with E-state index in [1.807, 2.05) is 18.3 Å². The van der Waals surface area contributed by atoms with E-state index in [9.17, 15) is 4.79 Å². The molecule has 1 aromatic heterocycles. The molecule has 0 saturated heterocycles. The van der Waals surface area contributed by atoms with Crippen LogP contribution in [-0.4, -0.2) is 27.9 Å². The third kappa shape index (κ3) is 2.45. The van der Waals surface area contributed by atoms with E-state index in [2.05, 4.69) is 28.9 Å². The van der Waals surface area contributed by atoms with Gasteiger partial charge in [0.05, 0.1) is 6.42 Å². The molecule has 21 heavy (non-hydrogen) atoms. The predicted octanol–water partition coefficient (Wildman–Crippen LogP) is 3.50. The Morgan fingerprint density at radius 1 is 1.29 bits per heavy atom. The van der Waals surface area contributed by atoms with Crippen LogP contribution in [0.25, 0.3) is 10.9 Å². The van der Waals surface area contributed by atoms with Gasteiger partial charge >= 0.3 is 0 Å². The average molecular weight is 282 g/mol. The summed E-state index contributed by atoms with van der Waals surface area (Å²) in [5, 5.41) is 1.18. The number of carbonyl (C=O) groups is 1. The maximum absolute atomic E-state index is 12.8. The molecular weight excluding hydrogens is 260 g/mol. The van der Waals surface area contributed by atoms with Crippen LogP contribution < -0.4 is 0 Å². The van der Waals surface area contributed by atoms with Gasteiger partial charge in [-0.05, 0) is 50.2 Å². The van der Waals surface area contributed by atoms with Crippen LogP contribution in [-0.2, 0) is 11.2 Å². The van der Waals surface area contributed by atoms with Gasteiger partial charge < -0.3 is 9.88 Å². The number of nitrogens with zero attached hydrogens (tertiary/aromatic N) is 1. The van der Waals surface area contributed by atoms with Gasteiger partial charge in [0.15, 0.2) is 0 Å².